The van der Waals surface area contributed by atoms with Crippen LogP contribution in [0.4, 0.5) is 5.69 Å². The molecule has 1 unspecified atom stereocenters. The average Bonchev–Trinajstić information content (AvgIpc) is 2.89. The lowest BCUT2D eigenvalue weighted by atomic mass is 10.1. The number of nitrogens with zero attached hydrogens (tertiary/aromatic N) is 2. The van der Waals surface area contributed by atoms with E-state index in [4.69, 9.17) is 0 Å². The molecule has 1 fully saturated rings. The van der Waals surface area contributed by atoms with Gasteiger partial charge in [0.1, 0.15) is 0 Å². The Bertz CT molecular complexity index is 556. The summed E-state index contributed by atoms with van der Waals surface area (Å²) < 4.78 is 0.606. The van der Waals surface area contributed by atoms with Gasteiger partial charge in [-0.25, -0.2) is 0 Å². The Morgan fingerprint density at radius 1 is 1.55 bits per heavy atom. The molecular formula is C14H19BrClN3O3. The smallest absolute Gasteiger partial charge is 0.270 e. The van der Waals surface area contributed by atoms with Crippen molar-refractivity contribution in [3.05, 3.63) is 38.3 Å². The number of benzene rings is 1. The summed E-state index contributed by atoms with van der Waals surface area (Å²) in [6.45, 7) is 1.59. The monoisotopic (exact) mass is 391 g/mol. The van der Waals surface area contributed by atoms with Gasteiger partial charge >= 0.3 is 0 Å². The van der Waals surface area contributed by atoms with Crippen molar-refractivity contribution in [3.63, 3.8) is 0 Å². The van der Waals surface area contributed by atoms with Crippen LogP contribution in [0.3, 0.4) is 0 Å². The fraction of sp³-hybridized carbons (Fsp3) is 0.500. The third-order valence-corrected chi connectivity index (χ3v) is 4.46. The number of carbonyl (C=O) groups is 1. The number of amides is 1. The molecule has 1 N–H and O–H groups in total. The highest BCUT2D eigenvalue weighted by atomic mass is 79.9. The predicted octanol–water partition coefficient (Wildman–Crippen LogP) is 2.53. The molecule has 1 amide bonds. The first kappa shape index (κ1) is 18.9. The number of carbonyl (C=O) groups excluding carboxylic acids is 1. The average molecular weight is 393 g/mol. The Hall–Kier alpha value is -1.18. The van der Waals surface area contributed by atoms with Crippen LogP contribution in [0.2, 0.25) is 0 Å². The second kappa shape index (κ2) is 8.45. The lowest BCUT2D eigenvalue weighted by molar-refractivity contribution is -0.384. The molecule has 1 aliphatic heterocycles. The fourth-order valence-corrected chi connectivity index (χ4v) is 3.18. The molecule has 0 bridgehead atoms. The third-order valence-electron chi connectivity index (χ3n) is 3.73. The number of nitro groups is 1. The van der Waals surface area contributed by atoms with Crippen LogP contribution in [-0.2, 0) is 11.2 Å². The quantitative estimate of drug-likeness (QED) is 0.617. The third kappa shape index (κ3) is 4.41. The molecule has 1 aromatic carbocycles. The minimum absolute atomic E-state index is 0. The van der Waals surface area contributed by atoms with Gasteiger partial charge in [-0.05, 0) is 25.5 Å². The van der Waals surface area contributed by atoms with Crippen LogP contribution in [0, 0.1) is 10.1 Å². The number of nitro benzene ring substituents is 1. The zero-order valence-corrected chi connectivity index (χ0v) is 14.7. The zero-order chi connectivity index (χ0) is 15.4. The van der Waals surface area contributed by atoms with Gasteiger partial charge in [0.15, 0.2) is 0 Å². The van der Waals surface area contributed by atoms with Crippen LogP contribution in [0.15, 0.2) is 22.7 Å². The highest BCUT2D eigenvalue weighted by Gasteiger charge is 2.28. The summed E-state index contributed by atoms with van der Waals surface area (Å²) in [6.07, 6.45) is 2.31. The molecule has 1 atom stereocenters. The van der Waals surface area contributed by atoms with Crippen LogP contribution < -0.4 is 5.32 Å². The van der Waals surface area contributed by atoms with Crippen molar-refractivity contribution in [1.82, 2.24) is 10.2 Å². The molecule has 0 aliphatic carbocycles. The van der Waals surface area contributed by atoms with Crippen molar-refractivity contribution in [1.29, 1.82) is 0 Å². The Labute approximate surface area is 143 Å². The van der Waals surface area contributed by atoms with E-state index in [1.807, 2.05) is 11.9 Å². The maximum absolute atomic E-state index is 12.4. The number of rotatable bonds is 5. The normalized spacial score (nSPS) is 17.2. The summed E-state index contributed by atoms with van der Waals surface area (Å²) in [5.41, 5.74) is 0.799. The number of non-ortho nitro benzene ring substituents is 1. The Morgan fingerprint density at radius 3 is 2.86 bits per heavy atom. The minimum Gasteiger partial charge on any atom is -0.338 e. The second-order valence-electron chi connectivity index (χ2n) is 5.15. The number of hydrogen-bond donors (Lipinski definition) is 1. The van der Waals surface area contributed by atoms with Crippen LogP contribution in [0.25, 0.3) is 0 Å². The molecule has 1 aromatic rings. The molecule has 0 radical (unpaired) electrons. The number of halogens is 2. The van der Waals surface area contributed by atoms with E-state index >= 15 is 0 Å². The van der Waals surface area contributed by atoms with E-state index in [0.29, 0.717) is 4.47 Å². The standard InChI is InChI=1S/C14H18BrN3O3.ClH/c1-16-9-12-3-2-6-17(12)14(19)7-10-4-5-11(18(20)21)8-13(10)15;/h4-5,8,12,16H,2-3,6-7,9H2,1H3;1H. The molecule has 2 rings (SSSR count). The summed E-state index contributed by atoms with van der Waals surface area (Å²) in [5.74, 6) is 0.0716. The van der Waals surface area contributed by atoms with Gasteiger partial charge in [0.05, 0.1) is 11.3 Å². The molecule has 0 saturated carbocycles. The molecule has 8 heteroatoms. The highest BCUT2D eigenvalue weighted by molar-refractivity contribution is 9.10. The maximum Gasteiger partial charge on any atom is 0.270 e. The van der Waals surface area contributed by atoms with Crippen molar-refractivity contribution in [2.45, 2.75) is 25.3 Å². The summed E-state index contributed by atoms with van der Waals surface area (Å²) >= 11 is 3.31. The molecule has 22 heavy (non-hydrogen) atoms. The largest absolute Gasteiger partial charge is 0.338 e. The molecule has 6 nitrogen and oxygen atoms in total. The minimum atomic E-state index is -0.445. The molecular weight excluding hydrogens is 374 g/mol. The van der Waals surface area contributed by atoms with E-state index in [2.05, 4.69) is 21.2 Å². The maximum atomic E-state index is 12.4. The summed E-state index contributed by atoms with van der Waals surface area (Å²) in [4.78, 5) is 24.6. The summed E-state index contributed by atoms with van der Waals surface area (Å²) in [5, 5.41) is 13.8. The van der Waals surface area contributed by atoms with E-state index in [1.54, 1.807) is 6.07 Å². The highest BCUT2D eigenvalue weighted by Crippen LogP contribution is 2.25. The van der Waals surface area contributed by atoms with Crippen LogP contribution in [0.5, 0.6) is 0 Å². The van der Waals surface area contributed by atoms with Gasteiger partial charge in [0, 0.05) is 35.7 Å². The van der Waals surface area contributed by atoms with Gasteiger partial charge in [-0.3, -0.25) is 14.9 Å². The molecule has 122 valence electrons. The lowest BCUT2D eigenvalue weighted by Crippen LogP contribution is -2.41. The SMILES string of the molecule is CNCC1CCCN1C(=O)Cc1ccc([N+](=O)[O-])cc1Br.Cl. The molecule has 0 aromatic heterocycles. The van der Waals surface area contributed by atoms with Gasteiger partial charge < -0.3 is 10.2 Å². The van der Waals surface area contributed by atoms with Crippen LogP contribution in [-0.4, -0.2) is 41.9 Å². The van der Waals surface area contributed by atoms with Crippen LogP contribution >= 0.6 is 28.3 Å². The number of hydrogen-bond acceptors (Lipinski definition) is 4. The molecule has 0 spiro atoms. The van der Waals surface area contributed by atoms with Crippen molar-refractivity contribution < 1.29 is 9.72 Å². The topological polar surface area (TPSA) is 75.5 Å². The van der Waals surface area contributed by atoms with Crippen molar-refractivity contribution >= 4 is 39.9 Å². The van der Waals surface area contributed by atoms with E-state index in [0.717, 1.165) is 31.5 Å². The summed E-state index contributed by atoms with van der Waals surface area (Å²) in [6, 6.07) is 4.77. The van der Waals surface area contributed by atoms with Gasteiger partial charge in [0.25, 0.3) is 5.69 Å². The van der Waals surface area contributed by atoms with E-state index in [-0.39, 0.29) is 36.5 Å². The second-order valence-corrected chi connectivity index (χ2v) is 6.00. The number of likely N-dealkylation sites (N-methyl/N-ethyl adjacent to an activating group) is 1. The van der Waals surface area contributed by atoms with Gasteiger partial charge in [-0.1, -0.05) is 22.0 Å². The van der Waals surface area contributed by atoms with E-state index in [9.17, 15) is 14.9 Å². The number of nitrogens with one attached hydrogen (secondary N) is 1. The van der Waals surface area contributed by atoms with Crippen LogP contribution in [0.1, 0.15) is 18.4 Å². The van der Waals surface area contributed by atoms with E-state index in [1.165, 1.54) is 12.1 Å². The fourth-order valence-electron chi connectivity index (χ4n) is 2.67. The Kier molecular flexibility index (Phi) is 7.25. The van der Waals surface area contributed by atoms with Gasteiger partial charge in [-0.2, -0.15) is 0 Å². The van der Waals surface area contributed by atoms with Crippen molar-refractivity contribution in [2.75, 3.05) is 20.1 Å². The molecule has 1 heterocycles. The Balaban J connectivity index is 0.00000242. The van der Waals surface area contributed by atoms with E-state index < -0.39 is 4.92 Å². The van der Waals surface area contributed by atoms with Gasteiger partial charge in [0.2, 0.25) is 5.91 Å². The van der Waals surface area contributed by atoms with Gasteiger partial charge in [-0.15, -0.1) is 12.4 Å². The van der Waals surface area contributed by atoms with Crippen molar-refractivity contribution in [2.24, 2.45) is 0 Å². The molecule has 1 saturated heterocycles. The Morgan fingerprint density at radius 2 is 2.27 bits per heavy atom. The first-order chi connectivity index (χ1) is 10.0. The summed E-state index contributed by atoms with van der Waals surface area (Å²) in [7, 11) is 1.88. The first-order valence-electron chi connectivity index (χ1n) is 6.90. The molecule has 1 aliphatic rings. The first-order valence-corrected chi connectivity index (χ1v) is 7.69. The zero-order valence-electron chi connectivity index (χ0n) is 12.3. The van der Waals surface area contributed by atoms with Crippen molar-refractivity contribution in [3.8, 4) is 0 Å². The lowest BCUT2D eigenvalue weighted by Gasteiger charge is -2.24. The predicted molar refractivity (Wildman–Crippen MR) is 90.4 cm³/mol. The number of likely N-dealkylation sites (tertiary alicyclic amines) is 1.